The molecule has 8 nitrogen and oxygen atoms in total. The number of alkyl halides is 2. The Kier molecular flexibility index (Phi) is 7.09. The van der Waals surface area contributed by atoms with E-state index in [1.807, 2.05) is 0 Å². The van der Waals surface area contributed by atoms with E-state index in [0.29, 0.717) is 0 Å². The molecule has 0 amide bonds. The van der Waals surface area contributed by atoms with Crippen LogP contribution in [-0.4, -0.2) is 33.2 Å². The van der Waals surface area contributed by atoms with Crippen molar-refractivity contribution < 1.29 is 45.2 Å². The first kappa shape index (κ1) is 20.6. The van der Waals surface area contributed by atoms with Crippen LogP contribution < -0.4 is 8.92 Å². The summed E-state index contributed by atoms with van der Waals surface area (Å²) in [5, 5.41) is 0. The molecule has 0 unspecified atom stereocenters. The van der Waals surface area contributed by atoms with E-state index in [-0.39, 0.29) is 22.6 Å². The number of halogens is 2. The van der Waals surface area contributed by atoms with Gasteiger partial charge in [0.25, 0.3) is 0 Å². The number of carbonyl (C=O) groups excluding carboxylic acids is 2. The molecule has 140 valence electrons. The van der Waals surface area contributed by atoms with Crippen LogP contribution in [0.25, 0.3) is 0 Å². The molecule has 0 N–H and O–H groups in total. The van der Waals surface area contributed by atoms with Gasteiger partial charge in [-0.3, -0.25) is 9.59 Å². The first-order valence-corrected chi connectivity index (χ1v) is 8.57. The number of hydrogen-bond donors (Lipinski definition) is 0. The van der Waals surface area contributed by atoms with Gasteiger partial charge in [0, 0.05) is 25.0 Å². The van der Waals surface area contributed by atoms with Crippen molar-refractivity contribution >= 4 is 22.1 Å². The van der Waals surface area contributed by atoms with Gasteiger partial charge < -0.3 is 18.4 Å². The molecule has 0 aromatic heterocycles. The number of rotatable bonds is 8. The highest BCUT2D eigenvalue weighted by atomic mass is 32.2. The van der Waals surface area contributed by atoms with E-state index < -0.39 is 41.9 Å². The Morgan fingerprint density at radius 3 is 1.84 bits per heavy atom. The molecule has 1 rings (SSSR count). The summed E-state index contributed by atoms with van der Waals surface area (Å²) in [5.41, 5.74) is -0.196. The van der Waals surface area contributed by atoms with Crippen LogP contribution in [0.3, 0.4) is 0 Å². The van der Waals surface area contributed by atoms with Gasteiger partial charge in [0.2, 0.25) is 0 Å². The smallest absolute Gasteiger partial charge is 0.387 e. The lowest BCUT2D eigenvalue weighted by Gasteiger charge is -2.18. The minimum absolute atomic E-state index is 0.0833. The van der Waals surface area contributed by atoms with Crippen LogP contribution in [0.15, 0.2) is 12.1 Å². The highest BCUT2D eigenvalue weighted by molar-refractivity contribution is 7.86. The van der Waals surface area contributed by atoms with Crippen molar-refractivity contribution in [3.8, 4) is 11.5 Å². The molecule has 1 aromatic carbocycles. The van der Waals surface area contributed by atoms with Crippen LogP contribution in [-0.2, 0) is 42.4 Å². The standard InChI is InChI=1S/C14H16F2O8S/c1-8(17)21-6-10-11(7-22-9(2)18)13(24-25(3,19)20)5-4-12(10)23-14(15)16/h4-5,14H,6-7H2,1-3H3. The predicted octanol–water partition coefficient (Wildman–Crippen LogP) is 1.75. The van der Waals surface area contributed by atoms with Gasteiger partial charge in [-0.2, -0.15) is 17.2 Å². The minimum Gasteiger partial charge on any atom is -0.461 e. The Balaban J connectivity index is 3.43. The quantitative estimate of drug-likeness (QED) is 0.495. The second kappa shape index (κ2) is 8.60. The number of ether oxygens (including phenoxy) is 3. The first-order valence-electron chi connectivity index (χ1n) is 6.75. The fourth-order valence-corrected chi connectivity index (χ4v) is 2.24. The van der Waals surface area contributed by atoms with E-state index in [4.69, 9.17) is 13.7 Å². The summed E-state index contributed by atoms with van der Waals surface area (Å²) in [7, 11) is -3.96. The molecule has 0 aliphatic rings. The Bertz CT molecular complexity index is 745. The first-order chi connectivity index (χ1) is 11.5. The van der Waals surface area contributed by atoms with Gasteiger partial charge in [0.05, 0.1) is 6.26 Å². The van der Waals surface area contributed by atoms with Gasteiger partial charge in [-0.05, 0) is 12.1 Å². The Morgan fingerprint density at radius 1 is 1.00 bits per heavy atom. The summed E-state index contributed by atoms with van der Waals surface area (Å²) >= 11 is 0. The zero-order chi connectivity index (χ0) is 19.2. The Hall–Kier alpha value is -2.43. The topological polar surface area (TPSA) is 105 Å². The molecule has 0 bridgehead atoms. The molecule has 0 fully saturated rings. The third kappa shape index (κ3) is 7.33. The summed E-state index contributed by atoms with van der Waals surface area (Å²) in [6, 6.07) is 2.09. The third-order valence-corrected chi connectivity index (χ3v) is 3.12. The molecule has 11 heteroatoms. The molecule has 1 aromatic rings. The lowest BCUT2D eigenvalue weighted by molar-refractivity contribution is -0.144. The third-order valence-electron chi connectivity index (χ3n) is 2.64. The van der Waals surface area contributed by atoms with Crippen LogP contribution in [0, 0.1) is 0 Å². The van der Waals surface area contributed by atoms with E-state index in [0.717, 1.165) is 32.2 Å². The summed E-state index contributed by atoms with van der Waals surface area (Å²) < 4.78 is 66.6. The maximum atomic E-state index is 12.6. The van der Waals surface area contributed by atoms with Crippen molar-refractivity contribution in [1.29, 1.82) is 0 Å². The van der Waals surface area contributed by atoms with Gasteiger partial charge in [-0.15, -0.1) is 0 Å². The summed E-state index contributed by atoms with van der Waals surface area (Å²) in [5.74, 6) is -2.06. The SMILES string of the molecule is CC(=O)OCc1c(OC(F)F)ccc(OS(C)(=O)=O)c1COC(C)=O. The van der Waals surface area contributed by atoms with Crippen molar-refractivity contribution in [2.75, 3.05) is 6.26 Å². The molecular weight excluding hydrogens is 366 g/mol. The maximum Gasteiger partial charge on any atom is 0.387 e. The van der Waals surface area contributed by atoms with Crippen molar-refractivity contribution in [3.63, 3.8) is 0 Å². The monoisotopic (exact) mass is 382 g/mol. The fourth-order valence-electron chi connectivity index (χ4n) is 1.76. The van der Waals surface area contributed by atoms with Crippen molar-refractivity contribution in [2.24, 2.45) is 0 Å². The summed E-state index contributed by atoms with van der Waals surface area (Å²) in [4.78, 5) is 22.1. The van der Waals surface area contributed by atoms with Crippen molar-refractivity contribution in [3.05, 3.63) is 23.3 Å². The van der Waals surface area contributed by atoms with Crippen LogP contribution in [0.2, 0.25) is 0 Å². The fraction of sp³-hybridized carbons (Fsp3) is 0.429. The second-order valence-electron chi connectivity index (χ2n) is 4.75. The van der Waals surface area contributed by atoms with E-state index in [1.165, 1.54) is 0 Å². The van der Waals surface area contributed by atoms with E-state index in [2.05, 4.69) is 4.74 Å². The van der Waals surface area contributed by atoms with E-state index in [9.17, 15) is 26.8 Å². The number of benzene rings is 1. The summed E-state index contributed by atoms with van der Waals surface area (Å²) in [6.45, 7) is -2.01. The molecule has 0 heterocycles. The van der Waals surface area contributed by atoms with Crippen LogP contribution >= 0.6 is 0 Å². The van der Waals surface area contributed by atoms with E-state index >= 15 is 0 Å². The predicted molar refractivity (Wildman–Crippen MR) is 79.5 cm³/mol. The average molecular weight is 382 g/mol. The molecule has 0 spiro atoms. The number of carbonyl (C=O) groups is 2. The second-order valence-corrected chi connectivity index (χ2v) is 6.32. The molecule has 25 heavy (non-hydrogen) atoms. The van der Waals surface area contributed by atoms with Gasteiger partial charge in [-0.25, -0.2) is 0 Å². The molecule has 0 saturated carbocycles. The van der Waals surface area contributed by atoms with Gasteiger partial charge >= 0.3 is 28.7 Å². The van der Waals surface area contributed by atoms with Crippen LogP contribution in [0.5, 0.6) is 11.5 Å². The Morgan fingerprint density at radius 2 is 1.44 bits per heavy atom. The Labute approximate surface area is 142 Å². The van der Waals surface area contributed by atoms with Gasteiger partial charge in [-0.1, -0.05) is 0 Å². The highest BCUT2D eigenvalue weighted by Gasteiger charge is 2.22. The zero-order valence-corrected chi connectivity index (χ0v) is 14.4. The van der Waals surface area contributed by atoms with E-state index in [1.54, 1.807) is 0 Å². The number of esters is 2. The molecule has 0 radical (unpaired) electrons. The van der Waals surface area contributed by atoms with Gasteiger partial charge in [0.15, 0.2) is 0 Å². The zero-order valence-electron chi connectivity index (χ0n) is 13.6. The lowest BCUT2D eigenvalue weighted by atomic mass is 10.1. The molecule has 0 aliphatic heterocycles. The van der Waals surface area contributed by atoms with Gasteiger partial charge in [0.1, 0.15) is 24.7 Å². The van der Waals surface area contributed by atoms with Crippen LogP contribution in [0.1, 0.15) is 25.0 Å². The molecular formula is C14H16F2O8S. The normalized spacial score (nSPS) is 11.1. The minimum atomic E-state index is -3.96. The molecule has 0 atom stereocenters. The number of hydrogen-bond acceptors (Lipinski definition) is 8. The van der Waals surface area contributed by atoms with Crippen LogP contribution in [0.4, 0.5) is 8.78 Å². The molecule has 0 saturated heterocycles. The van der Waals surface area contributed by atoms with Crippen molar-refractivity contribution in [2.45, 2.75) is 33.7 Å². The maximum absolute atomic E-state index is 12.6. The van der Waals surface area contributed by atoms with Crippen molar-refractivity contribution in [1.82, 2.24) is 0 Å². The highest BCUT2D eigenvalue weighted by Crippen LogP contribution is 2.33. The molecule has 0 aliphatic carbocycles. The average Bonchev–Trinajstić information content (AvgIpc) is 2.43. The summed E-state index contributed by atoms with van der Waals surface area (Å²) in [6.07, 6.45) is 0.776. The largest absolute Gasteiger partial charge is 0.461 e. The lowest BCUT2D eigenvalue weighted by Crippen LogP contribution is -2.14.